The molecule has 0 spiro atoms. The first-order valence-corrected chi connectivity index (χ1v) is 14.3. The molecule has 0 aliphatic heterocycles. The van der Waals surface area contributed by atoms with E-state index >= 15 is 0 Å². The minimum atomic E-state index is -4.62. The molecule has 4 rings (SSSR count). The fourth-order valence-electron chi connectivity index (χ4n) is 4.77. The number of rotatable bonds is 10. The van der Waals surface area contributed by atoms with Crippen LogP contribution < -0.4 is 10.1 Å². The lowest BCUT2D eigenvalue weighted by Gasteiger charge is -2.17. The Morgan fingerprint density at radius 1 is 0.976 bits per heavy atom. The Kier molecular flexibility index (Phi) is 11.5. The Morgan fingerprint density at radius 3 is 2.31 bits per heavy atom. The second-order valence-electron chi connectivity index (χ2n) is 10.5. The number of carbonyl (C=O) groups is 1. The van der Waals surface area contributed by atoms with Gasteiger partial charge in [0.1, 0.15) is 22.9 Å². The van der Waals surface area contributed by atoms with Crippen molar-refractivity contribution in [3.05, 3.63) is 100 Å². The van der Waals surface area contributed by atoms with Gasteiger partial charge in [0.25, 0.3) is 5.91 Å². The van der Waals surface area contributed by atoms with Crippen LogP contribution in [0.25, 0.3) is 5.65 Å². The molecule has 1 atom stereocenters. The third kappa shape index (κ3) is 9.33. The standard InChI is InChI=1S/C18H18FN3O.C15H21F3O/c1-11-6-7-22-16(8-11)21-13(3)17(22)18(23)20-10-14-5-4-12(2)15(19)9-14;1-3-5-7-12(6-4-2)13-8-10-14(11-9-13)19-15(16,17)18/h4-9H,10H2,1-3H3,(H,20,23);8-12H,3-7H2,1-2H3. The zero-order chi connectivity index (χ0) is 30.9. The first-order chi connectivity index (χ1) is 19.9. The summed E-state index contributed by atoms with van der Waals surface area (Å²) in [5, 5.41) is 2.83. The highest BCUT2D eigenvalue weighted by molar-refractivity contribution is 5.94. The van der Waals surface area contributed by atoms with Crippen LogP contribution in [0.1, 0.15) is 90.3 Å². The molecule has 0 fully saturated rings. The molecule has 2 aromatic carbocycles. The van der Waals surface area contributed by atoms with Gasteiger partial charge in [0.2, 0.25) is 0 Å². The van der Waals surface area contributed by atoms with Crippen molar-refractivity contribution in [2.24, 2.45) is 0 Å². The number of aryl methyl sites for hydroxylation is 3. The molecule has 42 heavy (non-hydrogen) atoms. The van der Waals surface area contributed by atoms with Crippen molar-refractivity contribution in [1.29, 1.82) is 0 Å². The van der Waals surface area contributed by atoms with Gasteiger partial charge in [-0.3, -0.25) is 9.20 Å². The summed E-state index contributed by atoms with van der Waals surface area (Å²) in [5.41, 5.74) is 5.43. The second-order valence-corrected chi connectivity index (χ2v) is 10.5. The summed E-state index contributed by atoms with van der Waals surface area (Å²) in [4.78, 5) is 16.9. The molecule has 0 aliphatic carbocycles. The van der Waals surface area contributed by atoms with Gasteiger partial charge in [0.15, 0.2) is 0 Å². The smallest absolute Gasteiger partial charge is 0.406 e. The number of aromatic nitrogens is 2. The van der Waals surface area contributed by atoms with Crippen molar-refractivity contribution < 1.29 is 27.1 Å². The monoisotopic (exact) mass is 585 g/mol. The third-order valence-electron chi connectivity index (χ3n) is 6.99. The van der Waals surface area contributed by atoms with E-state index in [2.05, 4.69) is 28.9 Å². The highest BCUT2D eigenvalue weighted by atomic mass is 19.4. The lowest BCUT2D eigenvalue weighted by Crippen LogP contribution is -2.25. The van der Waals surface area contributed by atoms with Crippen LogP contribution in [-0.4, -0.2) is 21.7 Å². The minimum Gasteiger partial charge on any atom is -0.406 e. The minimum absolute atomic E-state index is 0.151. The predicted molar refractivity (Wildman–Crippen MR) is 157 cm³/mol. The van der Waals surface area contributed by atoms with Crippen LogP contribution in [0.3, 0.4) is 0 Å². The van der Waals surface area contributed by atoms with Crippen LogP contribution >= 0.6 is 0 Å². The molecule has 9 heteroatoms. The van der Waals surface area contributed by atoms with E-state index in [1.54, 1.807) is 29.5 Å². The number of pyridine rings is 1. The molecular formula is C33H39F4N3O2. The number of carbonyl (C=O) groups excluding carboxylic acids is 1. The van der Waals surface area contributed by atoms with Gasteiger partial charge in [-0.15, -0.1) is 13.2 Å². The van der Waals surface area contributed by atoms with Crippen molar-refractivity contribution in [1.82, 2.24) is 14.7 Å². The fraction of sp³-hybridized carbons (Fsp3) is 0.394. The molecule has 0 aliphatic rings. The van der Waals surface area contributed by atoms with E-state index in [1.165, 1.54) is 18.2 Å². The number of hydrogen-bond donors (Lipinski definition) is 1. The summed E-state index contributed by atoms with van der Waals surface area (Å²) in [7, 11) is 0. The van der Waals surface area contributed by atoms with Gasteiger partial charge in [0, 0.05) is 12.7 Å². The summed E-state index contributed by atoms with van der Waals surface area (Å²) >= 11 is 0. The molecule has 0 saturated carbocycles. The number of hydrogen-bond acceptors (Lipinski definition) is 3. The van der Waals surface area contributed by atoms with Crippen molar-refractivity contribution in [3.8, 4) is 5.75 Å². The number of unbranched alkanes of at least 4 members (excludes halogenated alkanes) is 1. The molecule has 1 amide bonds. The van der Waals surface area contributed by atoms with Crippen LogP contribution in [0.5, 0.6) is 5.75 Å². The van der Waals surface area contributed by atoms with Gasteiger partial charge in [-0.2, -0.15) is 0 Å². The van der Waals surface area contributed by atoms with Gasteiger partial charge in [-0.25, -0.2) is 9.37 Å². The number of benzene rings is 2. The molecule has 1 N–H and O–H groups in total. The maximum atomic E-state index is 13.6. The highest BCUT2D eigenvalue weighted by Crippen LogP contribution is 2.30. The molecule has 5 nitrogen and oxygen atoms in total. The van der Waals surface area contributed by atoms with Gasteiger partial charge in [-0.05, 0) is 92.1 Å². The number of alkyl halides is 3. The SMILES string of the molecule is CCCCC(CCC)c1ccc(OC(F)(F)F)cc1.Cc1ccn2c(C(=O)NCc3ccc(C)c(F)c3)c(C)nc2c1. The fourth-order valence-corrected chi connectivity index (χ4v) is 4.77. The Balaban J connectivity index is 0.000000236. The largest absolute Gasteiger partial charge is 0.573 e. The number of amides is 1. The topological polar surface area (TPSA) is 55.6 Å². The average molecular weight is 586 g/mol. The van der Waals surface area contributed by atoms with E-state index in [4.69, 9.17) is 0 Å². The zero-order valence-corrected chi connectivity index (χ0v) is 24.8. The molecule has 2 heterocycles. The van der Waals surface area contributed by atoms with Crippen molar-refractivity contribution in [2.75, 3.05) is 0 Å². The van der Waals surface area contributed by atoms with Gasteiger partial charge in [0.05, 0.1) is 5.69 Å². The summed E-state index contributed by atoms with van der Waals surface area (Å²) in [5.74, 6) is -0.204. The summed E-state index contributed by atoms with van der Waals surface area (Å²) in [6.07, 6.45) is 2.73. The number of imidazole rings is 1. The van der Waals surface area contributed by atoms with Gasteiger partial charge >= 0.3 is 6.36 Å². The third-order valence-corrected chi connectivity index (χ3v) is 6.99. The van der Waals surface area contributed by atoms with Crippen LogP contribution in [-0.2, 0) is 6.54 Å². The molecule has 226 valence electrons. The van der Waals surface area contributed by atoms with E-state index in [9.17, 15) is 22.4 Å². The summed E-state index contributed by atoms with van der Waals surface area (Å²) in [6.45, 7) is 10.0. The first kappa shape index (κ1) is 32.6. The normalized spacial score (nSPS) is 12.0. The average Bonchev–Trinajstić information content (AvgIpc) is 3.26. The number of nitrogens with zero attached hydrogens (tertiary/aromatic N) is 2. The van der Waals surface area contributed by atoms with Gasteiger partial charge < -0.3 is 10.1 Å². The quantitative estimate of drug-likeness (QED) is 0.189. The maximum Gasteiger partial charge on any atom is 0.573 e. The molecule has 0 bridgehead atoms. The molecule has 2 aromatic heterocycles. The Morgan fingerprint density at radius 2 is 1.69 bits per heavy atom. The summed E-state index contributed by atoms with van der Waals surface area (Å²) in [6, 6.07) is 15.1. The molecule has 1 unspecified atom stereocenters. The lowest BCUT2D eigenvalue weighted by molar-refractivity contribution is -0.274. The Labute approximate surface area is 244 Å². The van der Waals surface area contributed by atoms with E-state index in [0.29, 0.717) is 22.9 Å². The van der Waals surface area contributed by atoms with Crippen molar-refractivity contribution >= 4 is 11.6 Å². The number of ether oxygens (including phenoxy) is 1. The maximum absolute atomic E-state index is 13.6. The summed E-state index contributed by atoms with van der Waals surface area (Å²) < 4.78 is 55.4. The van der Waals surface area contributed by atoms with E-state index in [0.717, 1.165) is 54.4 Å². The van der Waals surface area contributed by atoms with Crippen LogP contribution in [0, 0.1) is 26.6 Å². The number of fused-ring (bicyclic) bond motifs is 1. The number of nitrogens with one attached hydrogen (secondary N) is 1. The highest BCUT2D eigenvalue weighted by Gasteiger charge is 2.31. The first-order valence-electron chi connectivity index (χ1n) is 14.3. The van der Waals surface area contributed by atoms with E-state index in [-0.39, 0.29) is 24.0 Å². The van der Waals surface area contributed by atoms with E-state index < -0.39 is 6.36 Å². The van der Waals surface area contributed by atoms with Crippen LogP contribution in [0.4, 0.5) is 17.6 Å². The van der Waals surface area contributed by atoms with Crippen molar-refractivity contribution in [3.63, 3.8) is 0 Å². The Bertz CT molecular complexity index is 1460. The predicted octanol–water partition coefficient (Wildman–Crippen LogP) is 8.99. The second kappa shape index (κ2) is 14.8. The molecule has 4 aromatic rings. The van der Waals surface area contributed by atoms with Crippen LogP contribution in [0.15, 0.2) is 60.8 Å². The molecule has 0 saturated heterocycles. The Hall–Kier alpha value is -3.88. The van der Waals surface area contributed by atoms with Crippen LogP contribution in [0.2, 0.25) is 0 Å². The molecular weight excluding hydrogens is 546 g/mol. The zero-order valence-electron chi connectivity index (χ0n) is 24.8. The lowest BCUT2D eigenvalue weighted by atomic mass is 9.90. The van der Waals surface area contributed by atoms with Crippen molar-refractivity contribution in [2.45, 2.75) is 85.5 Å². The molecule has 0 radical (unpaired) electrons. The van der Waals surface area contributed by atoms with Gasteiger partial charge in [-0.1, -0.05) is 57.4 Å². The van der Waals surface area contributed by atoms with E-state index in [1.807, 2.05) is 38.2 Å². The number of halogens is 4.